The quantitative estimate of drug-likeness (QED) is 0.674. The number of hydrogen-bond donors (Lipinski definition) is 0. The van der Waals surface area contributed by atoms with E-state index in [2.05, 4.69) is 60.2 Å². The molecule has 0 aliphatic heterocycles. The maximum Gasteiger partial charge on any atom is 0.159 e. The van der Waals surface area contributed by atoms with E-state index in [4.69, 9.17) is 0 Å². The molecule has 0 unspecified atom stereocenters. The fraction of sp³-hybridized carbons (Fsp3) is 0.158. The number of aryl methyl sites for hydroxylation is 2. The second-order valence-electron chi connectivity index (χ2n) is 5.38. The summed E-state index contributed by atoms with van der Waals surface area (Å²) in [7, 11) is 0. The fourth-order valence-corrected chi connectivity index (χ4v) is 2.67. The molecule has 1 aromatic heterocycles. The van der Waals surface area contributed by atoms with Crippen molar-refractivity contribution in [2.45, 2.75) is 20.8 Å². The van der Waals surface area contributed by atoms with E-state index in [0.29, 0.717) is 0 Å². The summed E-state index contributed by atoms with van der Waals surface area (Å²) in [5.41, 5.74) is 7.18. The predicted molar refractivity (Wildman–Crippen MR) is 87.1 cm³/mol. The van der Waals surface area contributed by atoms with Gasteiger partial charge in [-0.1, -0.05) is 42.5 Å². The third-order valence-corrected chi connectivity index (χ3v) is 3.76. The Labute approximate surface area is 125 Å². The lowest BCUT2D eigenvalue weighted by molar-refractivity contribution is 1.13. The standard InChI is InChI=1S/C19H18N2/c1-13-11-20-19(21-12-13)17-10-9-14(2)18(15(17)3)16-7-5-4-6-8-16/h4-12H,1-3H3. The van der Waals surface area contributed by atoms with E-state index in [0.717, 1.165) is 17.0 Å². The van der Waals surface area contributed by atoms with Crippen LogP contribution in [0.5, 0.6) is 0 Å². The van der Waals surface area contributed by atoms with E-state index in [1.165, 1.54) is 22.3 Å². The zero-order valence-electron chi connectivity index (χ0n) is 12.6. The molecule has 0 N–H and O–H groups in total. The van der Waals surface area contributed by atoms with Crippen LogP contribution in [0.2, 0.25) is 0 Å². The van der Waals surface area contributed by atoms with Crippen LogP contribution in [0.1, 0.15) is 16.7 Å². The highest BCUT2D eigenvalue weighted by Crippen LogP contribution is 2.32. The van der Waals surface area contributed by atoms with Crippen molar-refractivity contribution in [3.63, 3.8) is 0 Å². The van der Waals surface area contributed by atoms with Gasteiger partial charge in [0.05, 0.1) is 0 Å². The first kappa shape index (κ1) is 13.5. The molecule has 0 bridgehead atoms. The smallest absolute Gasteiger partial charge is 0.159 e. The highest BCUT2D eigenvalue weighted by molar-refractivity contribution is 5.78. The minimum absolute atomic E-state index is 0.787. The van der Waals surface area contributed by atoms with Gasteiger partial charge >= 0.3 is 0 Å². The van der Waals surface area contributed by atoms with E-state index < -0.39 is 0 Å². The van der Waals surface area contributed by atoms with Crippen LogP contribution in [0.25, 0.3) is 22.5 Å². The molecule has 2 heteroatoms. The number of hydrogen-bond acceptors (Lipinski definition) is 2. The van der Waals surface area contributed by atoms with Crippen molar-refractivity contribution in [2.75, 3.05) is 0 Å². The second kappa shape index (κ2) is 5.49. The molecule has 0 atom stereocenters. The molecule has 3 rings (SSSR count). The second-order valence-corrected chi connectivity index (χ2v) is 5.38. The third-order valence-electron chi connectivity index (χ3n) is 3.76. The Kier molecular flexibility index (Phi) is 3.53. The van der Waals surface area contributed by atoms with Crippen LogP contribution in [0.4, 0.5) is 0 Å². The van der Waals surface area contributed by atoms with Crippen LogP contribution in [0, 0.1) is 20.8 Å². The predicted octanol–water partition coefficient (Wildman–Crippen LogP) is 4.74. The number of aromatic nitrogens is 2. The summed E-state index contributed by atoms with van der Waals surface area (Å²) in [6.45, 7) is 6.30. The van der Waals surface area contributed by atoms with Gasteiger partial charge in [-0.05, 0) is 48.6 Å². The molecule has 0 saturated carbocycles. The van der Waals surface area contributed by atoms with Gasteiger partial charge in [-0.15, -0.1) is 0 Å². The molecule has 0 fully saturated rings. The highest BCUT2D eigenvalue weighted by atomic mass is 14.9. The summed E-state index contributed by atoms with van der Waals surface area (Å²) in [4.78, 5) is 8.93. The van der Waals surface area contributed by atoms with Crippen molar-refractivity contribution in [3.05, 3.63) is 71.5 Å². The Morgan fingerprint density at radius 2 is 1.43 bits per heavy atom. The molecule has 104 valence electrons. The van der Waals surface area contributed by atoms with Gasteiger partial charge in [0, 0.05) is 18.0 Å². The molecule has 1 heterocycles. The van der Waals surface area contributed by atoms with Gasteiger partial charge in [0.25, 0.3) is 0 Å². The van der Waals surface area contributed by atoms with Crippen molar-refractivity contribution in [2.24, 2.45) is 0 Å². The van der Waals surface area contributed by atoms with Crippen molar-refractivity contribution in [1.29, 1.82) is 0 Å². The Balaban J connectivity index is 2.19. The average molecular weight is 274 g/mol. The normalized spacial score (nSPS) is 10.6. The molecule has 3 aromatic rings. The highest BCUT2D eigenvalue weighted by Gasteiger charge is 2.12. The molecular weight excluding hydrogens is 256 g/mol. The third kappa shape index (κ3) is 2.57. The zero-order valence-corrected chi connectivity index (χ0v) is 12.6. The van der Waals surface area contributed by atoms with Crippen molar-refractivity contribution in [1.82, 2.24) is 9.97 Å². The van der Waals surface area contributed by atoms with E-state index >= 15 is 0 Å². The summed E-state index contributed by atoms with van der Waals surface area (Å²) in [6.07, 6.45) is 3.73. The van der Waals surface area contributed by atoms with Gasteiger partial charge in [-0.25, -0.2) is 9.97 Å². The average Bonchev–Trinajstić information content (AvgIpc) is 2.50. The molecule has 2 aromatic carbocycles. The molecule has 0 radical (unpaired) electrons. The Hall–Kier alpha value is -2.48. The van der Waals surface area contributed by atoms with Crippen molar-refractivity contribution >= 4 is 0 Å². The number of rotatable bonds is 2. The van der Waals surface area contributed by atoms with Crippen LogP contribution in [-0.2, 0) is 0 Å². The molecule has 0 amide bonds. The largest absolute Gasteiger partial charge is 0.236 e. The van der Waals surface area contributed by atoms with E-state index in [9.17, 15) is 0 Å². The molecule has 0 spiro atoms. The first-order valence-electron chi connectivity index (χ1n) is 7.11. The van der Waals surface area contributed by atoms with Gasteiger partial charge in [0.15, 0.2) is 5.82 Å². The molecule has 0 aliphatic carbocycles. The molecule has 2 nitrogen and oxygen atoms in total. The van der Waals surface area contributed by atoms with Gasteiger partial charge in [-0.2, -0.15) is 0 Å². The van der Waals surface area contributed by atoms with Crippen LogP contribution in [0.15, 0.2) is 54.9 Å². The maximum absolute atomic E-state index is 4.46. The SMILES string of the molecule is Cc1cnc(-c2ccc(C)c(-c3ccccc3)c2C)nc1. The maximum atomic E-state index is 4.46. The Bertz CT molecular complexity index is 760. The molecule has 0 aliphatic rings. The number of nitrogens with zero attached hydrogens (tertiary/aromatic N) is 2. The van der Waals surface area contributed by atoms with E-state index in [1.807, 2.05) is 25.4 Å². The monoisotopic (exact) mass is 274 g/mol. The lowest BCUT2D eigenvalue weighted by Crippen LogP contribution is -1.96. The van der Waals surface area contributed by atoms with E-state index in [1.54, 1.807) is 0 Å². The first-order chi connectivity index (χ1) is 10.2. The van der Waals surface area contributed by atoms with Crippen LogP contribution in [0.3, 0.4) is 0 Å². The van der Waals surface area contributed by atoms with Gasteiger partial charge in [0.2, 0.25) is 0 Å². The number of benzene rings is 2. The van der Waals surface area contributed by atoms with Crippen LogP contribution in [-0.4, -0.2) is 9.97 Å². The summed E-state index contributed by atoms with van der Waals surface area (Å²) in [6, 6.07) is 14.7. The zero-order chi connectivity index (χ0) is 14.8. The summed E-state index contributed by atoms with van der Waals surface area (Å²) >= 11 is 0. The Morgan fingerprint density at radius 3 is 2.10 bits per heavy atom. The van der Waals surface area contributed by atoms with Gasteiger partial charge in [0.1, 0.15) is 0 Å². The summed E-state index contributed by atoms with van der Waals surface area (Å²) in [5.74, 6) is 0.787. The van der Waals surface area contributed by atoms with Crippen molar-refractivity contribution < 1.29 is 0 Å². The lowest BCUT2D eigenvalue weighted by atomic mass is 9.92. The topological polar surface area (TPSA) is 25.8 Å². The summed E-state index contributed by atoms with van der Waals surface area (Å²) in [5, 5.41) is 0. The van der Waals surface area contributed by atoms with Gasteiger partial charge in [-0.3, -0.25) is 0 Å². The minimum Gasteiger partial charge on any atom is -0.236 e. The fourth-order valence-electron chi connectivity index (χ4n) is 2.67. The molecular formula is C19H18N2. The first-order valence-corrected chi connectivity index (χ1v) is 7.11. The van der Waals surface area contributed by atoms with Gasteiger partial charge < -0.3 is 0 Å². The molecule has 0 saturated heterocycles. The van der Waals surface area contributed by atoms with E-state index in [-0.39, 0.29) is 0 Å². The molecule has 21 heavy (non-hydrogen) atoms. The summed E-state index contributed by atoms with van der Waals surface area (Å²) < 4.78 is 0. The van der Waals surface area contributed by atoms with Crippen LogP contribution < -0.4 is 0 Å². The van der Waals surface area contributed by atoms with Crippen molar-refractivity contribution in [3.8, 4) is 22.5 Å². The minimum atomic E-state index is 0.787. The Morgan fingerprint density at radius 1 is 0.762 bits per heavy atom. The van der Waals surface area contributed by atoms with Crippen LogP contribution >= 0.6 is 0 Å². The lowest BCUT2D eigenvalue weighted by Gasteiger charge is -2.14.